The van der Waals surface area contributed by atoms with Crippen molar-refractivity contribution in [2.45, 2.75) is 39.5 Å². The second kappa shape index (κ2) is 9.01. The average molecular weight is 343 g/mol. The number of hydrogen-bond donors (Lipinski definition) is 0. The van der Waals surface area contributed by atoms with E-state index in [1.54, 1.807) is 0 Å². The Morgan fingerprint density at radius 2 is 2.00 bits per heavy atom. The summed E-state index contributed by atoms with van der Waals surface area (Å²) in [6, 6.07) is 5.96. The SMILES string of the molecule is CCC(CC)COc1ccc(CCC(=O)OC)cc1Br. The highest BCUT2D eigenvalue weighted by Crippen LogP contribution is 2.27. The van der Waals surface area contributed by atoms with E-state index >= 15 is 0 Å². The van der Waals surface area contributed by atoms with Gasteiger partial charge in [-0.05, 0) is 46.0 Å². The average Bonchev–Trinajstić information content (AvgIpc) is 2.47. The molecule has 4 heteroatoms. The van der Waals surface area contributed by atoms with E-state index in [1.165, 1.54) is 7.11 Å². The van der Waals surface area contributed by atoms with Crippen molar-refractivity contribution < 1.29 is 14.3 Å². The second-order valence-electron chi connectivity index (χ2n) is 4.83. The molecule has 0 spiro atoms. The highest BCUT2D eigenvalue weighted by molar-refractivity contribution is 9.10. The maximum atomic E-state index is 11.1. The Morgan fingerprint density at radius 3 is 2.55 bits per heavy atom. The first kappa shape index (κ1) is 17.0. The molecule has 0 saturated carbocycles. The monoisotopic (exact) mass is 342 g/mol. The first-order valence-corrected chi connectivity index (χ1v) is 7.88. The quantitative estimate of drug-likeness (QED) is 0.658. The topological polar surface area (TPSA) is 35.5 Å². The molecule has 0 bridgehead atoms. The van der Waals surface area contributed by atoms with Gasteiger partial charge in [-0.15, -0.1) is 0 Å². The molecule has 0 aliphatic heterocycles. The van der Waals surface area contributed by atoms with Gasteiger partial charge < -0.3 is 9.47 Å². The highest BCUT2D eigenvalue weighted by Gasteiger charge is 2.08. The van der Waals surface area contributed by atoms with Crippen molar-refractivity contribution in [1.29, 1.82) is 0 Å². The van der Waals surface area contributed by atoms with Crippen molar-refractivity contribution in [3.05, 3.63) is 28.2 Å². The van der Waals surface area contributed by atoms with Gasteiger partial charge in [0.05, 0.1) is 18.2 Å². The maximum absolute atomic E-state index is 11.1. The van der Waals surface area contributed by atoms with Gasteiger partial charge in [-0.2, -0.15) is 0 Å². The minimum atomic E-state index is -0.185. The number of rotatable bonds is 8. The summed E-state index contributed by atoms with van der Waals surface area (Å²) in [6.07, 6.45) is 3.34. The number of carbonyl (C=O) groups excluding carboxylic acids is 1. The van der Waals surface area contributed by atoms with Gasteiger partial charge in [0.25, 0.3) is 0 Å². The summed E-state index contributed by atoms with van der Waals surface area (Å²) < 4.78 is 11.4. The first-order chi connectivity index (χ1) is 9.60. The molecule has 0 saturated heterocycles. The molecular weight excluding hydrogens is 320 g/mol. The van der Waals surface area contributed by atoms with Crippen LogP contribution < -0.4 is 4.74 Å². The summed E-state index contributed by atoms with van der Waals surface area (Å²) in [5.41, 5.74) is 1.09. The Bertz CT molecular complexity index is 428. The highest BCUT2D eigenvalue weighted by atomic mass is 79.9. The zero-order chi connectivity index (χ0) is 15.0. The minimum Gasteiger partial charge on any atom is -0.492 e. The molecule has 0 radical (unpaired) electrons. The number of carbonyl (C=O) groups is 1. The van der Waals surface area contributed by atoms with Gasteiger partial charge in [0, 0.05) is 6.42 Å². The fourth-order valence-electron chi connectivity index (χ4n) is 1.90. The standard InChI is InChI=1S/C16H23BrO3/c1-4-12(5-2)11-20-15-8-6-13(10-14(15)17)7-9-16(18)19-3/h6,8,10,12H,4-5,7,9,11H2,1-3H3. The molecule has 112 valence electrons. The molecule has 20 heavy (non-hydrogen) atoms. The molecule has 1 rings (SSSR count). The van der Waals surface area contributed by atoms with E-state index in [0.717, 1.165) is 35.2 Å². The lowest BCUT2D eigenvalue weighted by Crippen LogP contribution is -2.10. The fourth-order valence-corrected chi connectivity index (χ4v) is 2.44. The summed E-state index contributed by atoms with van der Waals surface area (Å²) >= 11 is 3.52. The second-order valence-corrected chi connectivity index (χ2v) is 5.69. The Hall–Kier alpha value is -1.03. The van der Waals surface area contributed by atoms with Gasteiger partial charge in [0.15, 0.2) is 0 Å². The van der Waals surface area contributed by atoms with Crippen LogP contribution >= 0.6 is 15.9 Å². The molecule has 1 aromatic rings. The summed E-state index contributed by atoms with van der Waals surface area (Å²) in [4.78, 5) is 11.1. The molecule has 0 aliphatic rings. The number of methoxy groups -OCH3 is 1. The lowest BCUT2D eigenvalue weighted by atomic mass is 10.1. The number of esters is 1. The van der Waals surface area contributed by atoms with Gasteiger partial charge in [0.1, 0.15) is 5.75 Å². The van der Waals surface area contributed by atoms with E-state index in [4.69, 9.17) is 4.74 Å². The molecule has 0 aliphatic carbocycles. The van der Waals surface area contributed by atoms with Crippen molar-refractivity contribution in [2.75, 3.05) is 13.7 Å². The van der Waals surface area contributed by atoms with E-state index in [0.29, 0.717) is 18.8 Å². The molecule has 0 amide bonds. The van der Waals surface area contributed by atoms with Crippen molar-refractivity contribution in [1.82, 2.24) is 0 Å². The first-order valence-electron chi connectivity index (χ1n) is 7.08. The lowest BCUT2D eigenvalue weighted by Gasteiger charge is -2.15. The molecule has 0 aromatic heterocycles. The van der Waals surface area contributed by atoms with E-state index < -0.39 is 0 Å². The Morgan fingerprint density at radius 1 is 1.30 bits per heavy atom. The third kappa shape index (κ3) is 5.53. The van der Waals surface area contributed by atoms with E-state index in [1.807, 2.05) is 18.2 Å². The summed E-state index contributed by atoms with van der Waals surface area (Å²) in [5, 5.41) is 0. The molecule has 0 N–H and O–H groups in total. The number of hydrogen-bond acceptors (Lipinski definition) is 3. The van der Waals surface area contributed by atoms with E-state index in [9.17, 15) is 4.79 Å². The molecule has 0 unspecified atom stereocenters. The van der Waals surface area contributed by atoms with Crippen molar-refractivity contribution in [3.8, 4) is 5.75 Å². The third-order valence-electron chi connectivity index (χ3n) is 3.47. The lowest BCUT2D eigenvalue weighted by molar-refractivity contribution is -0.140. The summed E-state index contributed by atoms with van der Waals surface area (Å²) in [7, 11) is 1.41. The Balaban J connectivity index is 2.57. The van der Waals surface area contributed by atoms with Gasteiger partial charge in [0.2, 0.25) is 0 Å². The van der Waals surface area contributed by atoms with Crippen LogP contribution in [0.1, 0.15) is 38.7 Å². The van der Waals surface area contributed by atoms with Crippen LogP contribution in [-0.4, -0.2) is 19.7 Å². The van der Waals surface area contributed by atoms with Crippen LogP contribution in [0.3, 0.4) is 0 Å². The number of ether oxygens (including phenoxy) is 2. The zero-order valence-electron chi connectivity index (χ0n) is 12.4. The van der Waals surface area contributed by atoms with Gasteiger partial charge in [-0.1, -0.05) is 32.8 Å². The van der Waals surface area contributed by atoms with Gasteiger partial charge in [-0.3, -0.25) is 4.79 Å². The zero-order valence-corrected chi connectivity index (χ0v) is 14.0. The molecule has 0 atom stereocenters. The van der Waals surface area contributed by atoms with E-state index in [2.05, 4.69) is 34.5 Å². The van der Waals surface area contributed by atoms with Gasteiger partial charge >= 0.3 is 5.97 Å². The molecular formula is C16H23BrO3. The van der Waals surface area contributed by atoms with Crippen LogP contribution in [0.25, 0.3) is 0 Å². The van der Waals surface area contributed by atoms with Crippen molar-refractivity contribution in [2.24, 2.45) is 5.92 Å². The van der Waals surface area contributed by atoms with Crippen molar-refractivity contribution in [3.63, 3.8) is 0 Å². The smallest absolute Gasteiger partial charge is 0.305 e. The van der Waals surface area contributed by atoms with Crippen LogP contribution in [0, 0.1) is 5.92 Å². The van der Waals surface area contributed by atoms with Crippen LogP contribution in [0.2, 0.25) is 0 Å². The fraction of sp³-hybridized carbons (Fsp3) is 0.562. The molecule has 0 heterocycles. The normalized spacial score (nSPS) is 10.7. The largest absolute Gasteiger partial charge is 0.492 e. The van der Waals surface area contributed by atoms with Gasteiger partial charge in [-0.25, -0.2) is 0 Å². The van der Waals surface area contributed by atoms with Crippen molar-refractivity contribution >= 4 is 21.9 Å². The maximum Gasteiger partial charge on any atom is 0.305 e. The Kier molecular flexibility index (Phi) is 7.67. The van der Waals surface area contributed by atoms with Crippen LogP contribution in [0.4, 0.5) is 0 Å². The van der Waals surface area contributed by atoms with Crippen LogP contribution in [-0.2, 0) is 16.0 Å². The van der Waals surface area contributed by atoms with E-state index in [-0.39, 0.29) is 5.97 Å². The number of halogens is 1. The predicted molar refractivity (Wildman–Crippen MR) is 84.0 cm³/mol. The number of benzene rings is 1. The van der Waals surface area contributed by atoms with Crippen LogP contribution in [0.15, 0.2) is 22.7 Å². The minimum absolute atomic E-state index is 0.185. The molecule has 3 nitrogen and oxygen atoms in total. The molecule has 0 fully saturated rings. The Labute approximate surface area is 129 Å². The predicted octanol–water partition coefficient (Wildman–Crippen LogP) is 4.37. The third-order valence-corrected chi connectivity index (χ3v) is 4.09. The summed E-state index contributed by atoms with van der Waals surface area (Å²) in [5.74, 6) is 1.27. The van der Waals surface area contributed by atoms with Crippen LogP contribution in [0.5, 0.6) is 5.75 Å². The summed E-state index contributed by atoms with van der Waals surface area (Å²) in [6.45, 7) is 5.11. The number of aryl methyl sites for hydroxylation is 1. The molecule has 1 aromatic carbocycles.